The molecular weight excluding hydrogens is 568 g/mol. The Labute approximate surface area is 240 Å². The lowest BCUT2D eigenvalue weighted by molar-refractivity contribution is -0.131. The van der Waals surface area contributed by atoms with Gasteiger partial charge in [0.1, 0.15) is 5.69 Å². The highest BCUT2D eigenvalue weighted by Gasteiger charge is 2.27. The zero-order chi connectivity index (χ0) is 27.1. The van der Waals surface area contributed by atoms with Crippen LogP contribution >= 0.6 is 15.9 Å². The lowest BCUT2D eigenvalue weighted by atomic mass is 10.0. The normalized spacial score (nSPS) is 17.2. The van der Waals surface area contributed by atoms with E-state index in [1.54, 1.807) is 6.20 Å². The van der Waals surface area contributed by atoms with E-state index in [9.17, 15) is 4.79 Å². The standard InChI is InChI=1S/C31H29BrN6O2/c32-23-7-3-5-20(15-23)16-28(39)37-13-11-25-26(19-37)35-31(34-25)30-24-17-21(22-6-4-12-33-18-22)9-10-27(24)38(36-30)29-8-1-2-14-40-29/h3-7,9-10,12,15,17-18,29H,1-2,8,11,13-14,16,19H2,(H,34,35). The number of aromatic amines is 1. The second-order valence-electron chi connectivity index (χ2n) is 10.5. The van der Waals surface area contributed by atoms with E-state index in [1.165, 1.54) is 0 Å². The van der Waals surface area contributed by atoms with Gasteiger partial charge in [-0.1, -0.05) is 40.2 Å². The topological polar surface area (TPSA) is 88.9 Å². The number of benzene rings is 2. The van der Waals surface area contributed by atoms with Gasteiger partial charge in [-0.05, 0) is 60.7 Å². The minimum absolute atomic E-state index is 0.0926. The van der Waals surface area contributed by atoms with Crippen molar-refractivity contribution in [1.82, 2.24) is 29.6 Å². The van der Waals surface area contributed by atoms with Gasteiger partial charge in [0.25, 0.3) is 0 Å². The fraction of sp³-hybridized carbons (Fsp3) is 0.290. The number of amides is 1. The lowest BCUT2D eigenvalue weighted by Crippen LogP contribution is -2.37. The zero-order valence-electron chi connectivity index (χ0n) is 22.0. The molecule has 2 aromatic carbocycles. The van der Waals surface area contributed by atoms with Crippen molar-refractivity contribution in [3.63, 3.8) is 0 Å². The Morgan fingerprint density at radius 2 is 2.05 bits per heavy atom. The van der Waals surface area contributed by atoms with Crippen LogP contribution in [0, 0.1) is 0 Å². The number of imidazole rings is 1. The molecule has 5 heterocycles. The number of nitrogens with one attached hydrogen (secondary N) is 1. The summed E-state index contributed by atoms with van der Waals surface area (Å²) in [5.41, 5.74) is 6.93. The minimum atomic E-state index is -0.0926. The summed E-state index contributed by atoms with van der Waals surface area (Å²) in [5.74, 6) is 0.847. The average Bonchev–Trinajstić information content (AvgIpc) is 3.59. The smallest absolute Gasteiger partial charge is 0.227 e. The van der Waals surface area contributed by atoms with Crippen LogP contribution in [-0.2, 0) is 28.9 Å². The quantitative estimate of drug-likeness (QED) is 0.266. The Morgan fingerprint density at radius 1 is 1.10 bits per heavy atom. The number of H-pyrrole nitrogens is 1. The number of nitrogens with zero attached hydrogens (tertiary/aromatic N) is 5. The lowest BCUT2D eigenvalue weighted by Gasteiger charge is -2.26. The second-order valence-corrected chi connectivity index (χ2v) is 11.4. The van der Waals surface area contributed by atoms with Gasteiger partial charge in [0.2, 0.25) is 5.91 Å². The number of hydrogen-bond donors (Lipinski definition) is 1. The maximum Gasteiger partial charge on any atom is 0.227 e. The summed E-state index contributed by atoms with van der Waals surface area (Å²) in [6.45, 7) is 1.91. The minimum Gasteiger partial charge on any atom is -0.356 e. The Morgan fingerprint density at radius 3 is 2.88 bits per heavy atom. The van der Waals surface area contributed by atoms with Crippen molar-refractivity contribution in [3.8, 4) is 22.6 Å². The van der Waals surface area contributed by atoms with Crippen LogP contribution in [-0.4, -0.2) is 48.7 Å². The molecule has 0 bridgehead atoms. The summed E-state index contributed by atoms with van der Waals surface area (Å²) >= 11 is 3.50. The predicted molar refractivity (Wildman–Crippen MR) is 156 cm³/mol. The molecule has 9 heteroatoms. The molecule has 1 amide bonds. The van der Waals surface area contributed by atoms with Crippen molar-refractivity contribution in [2.75, 3.05) is 13.2 Å². The molecule has 8 nitrogen and oxygen atoms in total. The van der Waals surface area contributed by atoms with Crippen molar-refractivity contribution in [3.05, 3.63) is 88.4 Å². The van der Waals surface area contributed by atoms with Crippen LogP contribution in [0.15, 0.2) is 71.5 Å². The highest BCUT2D eigenvalue weighted by molar-refractivity contribution is 9.10. The third kappa shape index (κ3) is 4.84. The van der Waals surface area contributed by atoms with Gasteiger partial charge >= 0.3 is 0 Å². The highest BCUT2D eigenvalue weighted by atomic mass is 79.9. The van der Waals surface area contributed by atoms with Gasteiger partial charge in [0.15, 0.2) is 12.1 Å². The van der Waals surface area contributed by atoms with Gasteiger partial charge in [-0.25, -0.2) is 9.67 Å². The van der Waals surface area contributed by atoms with Crippen LogP contribution in [0.2, 0.25) is 0 Å². The van der Waals surface area contributed by atoms with Gasteiger partial charge in [-0.2, -0.15) is 5.10 Å². The fourth-order valence-corrected chi connectivity index (χ4v) is 6.16. The van der Waals surface area contributed by atoms with Gasteiger partial charge in [0, 0.05) is 47.4 Å². The number of ether oxygens (including phenoxy) is 1. The first-order valence-electron chi connectivity index (χ1n) is 13.8. The van der Waals surface area contributed by atoms with Crippen LogP contribution < -0.4 is 0 Å². The molecule has 1 fully saturated rings. The summed E-state index contributed by atoms with van der Waals surface area (Å²) in [6.07, 6.45) is 7.79. The van der Waals surface area contributed by atoms with E-state index in [0.29, 0.717) is 25.9 Å². The number of fused-ring (bicyclic) bond motifs is 2. The summed E-state index contributed by atoms with van der Waals surface area (Å²) in [6, 6.07) is 18.3. The second kappa shape index (κ2) is 10.6. The first-order chi connectivity index (χ1) is 19.6. The number of pyridine rings is 1. The predicted octanol–water partition coefficient (Wildman–Crippen LogP) is 6.08. The number of carbonyl (C=O) groups is 1. The maximum absolute atomic E-state index is 13.1. The number of carbonyl (C=O) groups excluding carboxylic acids is 1. The molecular formula is C31H29BrN6O2. The monoisotopic (exact) mass is 596 g/mol. The molecule has 5 aromatic rings. The molecule has 0 radical (unpaired) electrons. The van der Waals surface area contributed by atoms with Crippen LogP contribution in [0.4, 0.5) is 0 Å². The van der Waals surface area contributed by atoms with E-state index in [4.69, 9.17) is 14.8 Å². The van der Waals surface area contributed by atoms with Crippen LogP contribution in [0.25, 0.3) is 33.5 Å². The van der Waals surface area contributed by atoms with Gasteiger partial charge in [-0.3, -0.25) is 9.78 Å². The van der Waals surface area contributed by atoms with E-state index in [2.05, 4.69) is 50.2 Å². The molecule has 2 aliphatic heterocycles. The molecule has 1 saturated heterocycles. The number of halogens is 1. The molecule has 2 aliphatic rings. The molecule has 1 N–H and O–H groups in total. The molecule has 0 saturated carbocycles. The van der Waals surface area contributed by atoms with Gasteiger partial charge in [0.05, 0.1) is 29.9 Å². The van der Waals surface area contributed by atoms with E-state index in [-0.39, 0.29) is 12.1 Å². The SMILES string of the molecule is O=C(Cc1cccc(Br)c1)N1CCc2nc(-c3nn(C4CCCCO4)c4ccc(-c5cccnc5)cc34)[nH]c2C1. The summed E-state index contributed by atoms with van der Waals surface area (Å²) in [5, 5.41) is 6.09. The number of aromatic nitrogens is 5. The van der Waals surface area contributed by atoms with Crippen molar-refractivity contribution < 1.29 is 9.53 Å². The number of rotatable bonds is 5. The largest absolute Gasteiger partial charge is 0.356 e. The molecule has 1 unspecified atom stereocenters. The van der Waals surface area contributed by atoms with E-state index >= 15 is 0 Å². The Hall–Kier alpha value is -3.82. The molecule has 7 rings (SSSR count). The molecule has 202 valence electrons. The highest BCUT2D eigenvalue weighted by Crippen LogP contribution is 2.35. The molecule has 0 aliphatic carbocycles. The van der Waals surface area contributed by atoms with Crippen LogP contribution in [0.3, 0.4) is 0 Å². The van der Waals surface area contributed by atoms with Crippen molar-refractivity contribution in [2.24, 2.45) is 0 Å². The van der Waals surface area contributed by atoms with E-state index in [0.717, 1.165) is 80.8 Å². The molecule has 3 aromatic heterocycles. The third-order valence-electron chi connectivity index (χ3n) is 7.78. The Bertz CT molecular complexity index is 1690. The van der Waals surface area contributed by atoms with Crippen molar-refractivity contribution >= 4 is 32.7 Å². The fourth-order valence-electron chi connectivity index (χ4n) is 5.72. The Balaban J connectivity index is 1.23. The van der Waals surface area contributed by atoms with E-state index in [1.807, 2.05) is 46.1 Å². The van der Waals surface area contributed by atoms with Crippen LogP contribution in [0.5, 0.6) is 0 Å². The van der Waals surface area contributed by atoms with Gasteiger partial charge in [-0.15, -0.1) is 0 Å². The van der Waals surface area contributed by atoms with Crippen LogP contribution in [0.1, 0.15) is 42.4 Å². The summed E-state index contributed by atoms with van der Waals surface area (Å²) in [7, 11) is 0. The summed E-state index contributed by atoms with van der Waals surface area (Å²) < 4.78 is 9.13. The summed E-state index contributed by atoms with van der Waals surface area (Å²) in [4.78, 5) is 27.9. The van der Waals surface area contributed by atoms with E-state index < -0.39 is 0 Å². The van der Waals surface area contributed by atoms with Crippen molar-refractivity contribution in [1.29, 1.82) is 0 Å². The Kier molecular flexibility index (Phi) is 6.69. The van der Waals surface area contributed by atoms with Crippen molar-refractivity contribution in [2.45, 2.75) is 44.9 Å². The maximum atomic E-state index is 13.1. The molecule has 1 atom stereocenters. The first-order valence-corrected chi connectivity index (χ1v) is 14.6. The number of hydrogen-bond acceptors (Lipinski definition) is 5. The third-order valence-corrected chi connectivity index (χ3v) is 8.28. The molecule has 40 heavy (non-hydrogen) atoms. The zero-order valence-corrected chi connectivity index (χ0v) is 23.6. The molecule has 0 spiro atoms. The van der Waals surface area contributed by atoms with Gasteiger partial charge < -0.3 is 14.6 Å². The first kappa shape index (κ1) is 25.2. The average molecular weight is 598 g/mol.